The molecule has 3 rings (SSSR count). The molecule has 2 amide bonds. The molecule has 1 fully saturated rings. The van der Waals surface area contributed by atoms with Gasteiger partial charge in [0.15, 0.2) is 0 Å². The fraction of sp³-hybridized carbons (Fsp3) is 0.500. The Hall–Kier alpha value is -2.04. The van der Waals surface area contributed by atoms with Crippen LogP contribution in [0.15, 0.2) is 24.3 Å². The third-order valence-corrected chi connectivity index (χ3v) is 4.73. The molecule has 2 heterocycles. The molecule has 0 aliphatic carbocycles. The molecule has 1 aromatic carbocycles. The van der Waals surface area contributed by atoms with Gasteiger partial charge >= 0.3 is 12.0 Å². The van der Waals surface area contributed by atoms with Crippen molar-refractivity contribution >= 4 is 17.7 Å². The van der Waals surface area contributed by atoms with E-state index in [2.05, 4.69) is 13.8 Å². The summed E-state index contributed by atoms with van der Waals surface area (Å²) in [5.41, 5.74) is 1.67. The summed E-state index contributed by atoms with van der Waals surface area (Å²) in [7, 11) is 0. The fourth-order valence-electron chi connectivity index (χ4n) is 3.26. The molecule has 0 radical (unpaired) electrons. The van der Waals surface area contributed by atoms with Crippen molar-refractivity contribution in [1.29, 1.82) is 0 Å². The van der Waals surface area contributed by atoms with Gasteiger partial charge in [0.05, 0.1) is 0 Å². The molecule has 112 valence electrons. The summed E-state index contributed by atoms with van der Waals surface area (Å²) >= 11 is 0. The van der Waals surface area contributed by atoms with E-state index in [0.717, 1.165) is 11.3 Å². The van der Waals surface area contributed by atoms with E-state index >= 15 is 0 Å². The zero-order chi connectivity index (χ0) is 15.1. The third kappa shape index (κ3) is 2.26. The lowest BCUT2D eigenvalue weighted by Gasteiger charge is -2.28. The number of nitrogens with zero attached hydrogens (tertiary/aromatic N) is 2. The predicted molar refractivity (Wildman–Crippen MR) is 79.3 cm³/mol. The summed E-state index contributed by atoms with van der Waals surface area (Å²) in [5.74, 6) is -0.0370. The summed E-state index contributed by atoms with van der Waals surface area (Å²) < 4.78 is 0. The zero-order valence-electron chi connectivity index (χ0n) is 12.3. The lowest BCUT2D eigenvalue weighted by Crippen LogP contribution is -2.49. The highest BCUT2D eigenvalue weighted by molar-refractivity contribution is 6.01. The Morgan fingerprint density at radius 1 is 1.14 bits per heavy atom. The van der Waals surface area contributed by atoms with E-state index in [9.17, 15) is 14.7 Å². The number of carbonyl (C=O) groups excluding carboxylic acids is 1. The Bertz CT molecular complexity index is 577. The smallest absolute Gasteiger partial charge is 0.327 e. The highest BCUT2D eigenvalue weighted by atomic mass is 16.4. The van der Waals surface area contributed by atoms with Crippen molar-refractivity contribution in [3.05, 3.63) is 29.8 Å². The number of benzene rings is 1. The summed E-state index contributed by atoms with van der Waals surface area (Å²) in [6.45, 7) is 5.66. The van der Waals surface area contributed by atoms with Crippen molar-refractivity contribution in [2.45, 2.75) is 26.3 Å². The van der Waals surface area contributed by atoms with Crippen LogP contribution in [-0.4, -0.2) is 41.1 Å². The molecule has 0 aromatic heterocycles. The number of carboxylic acid groups (broad SMARTS) is 1. The maximum Gasteiger partial charge on any atom is 0.327 e. The quantitative estimate of drug-likeness (QED) is 0.862. The second-order valence-corrected chi connectivity index (χ2v) is 6.20. The molecule has 0 bridgehead atoms. The Labute approximate surface area is 124 Å². The van der Waals surface area contributed by atoms with Crippen molar-refractivity contribution in [1.82, 2.24) is 4.90 Å². The van der Waals surface area contributed by atoms with Gasteiger partial charge in [0.25, 0.3) is 0 Å². The minimum absolute atomic E-state index is 0.177. The molecule has 0 spiro atoms. The minimum atomic E-state index is -0.945. The van der Waals surface area contributed by atoms with Crippen molar-refractivity contribution in [3.63, 3.8) is 0 Å². The first kappa shape index (κ1) is 13.9. The second kappa shape index (κ2) is 5.06. The maximum absolute atomic E-state index is 12.8. The zero-order valence-corrected chi connectivity index (χ0v) is 12.3. The first-order valence-corrected chi connectivity index (χ1v) is 7.38. The highest BCUT2D eigenvalue weighted by Crippen LogP contribution is 2.34. The van der Waals surface area contributed by atoms with Gasteiger partial charge in [-0.05, 0) is 23.5 Å². The van der Waals surface area contributed by atoms with Crippen LogP contribution in [0.5, 0.6) is 0 Å². The van der Waals surface area contributed by atoms with Crippen LogP contribution >= 0.6 is 0 Å². The number of likely N-dealkylation sites (tertiary alicyclic amines) is 1. The number of carboxylic acids is 1. The summed E-state index contributed by atoms with van der Waals surface area (Å²) in [5, 5.41) is 9.44. The minimum Gasteiger partial charge on any atom is -0.480 e. The van der Waals surface area contributed by atoms with Crippen molar-refractivity contribution in [3.8, 4) is 0 Å². The first-order chi connectivity index (χ1) is 9.99. The third-order valence-electron chi connectivity index (χ3n) is 4.73. The number of amides is 2. The molecule has 2 aliphatic heterocycles. The average molecular weight is 288 g/mol. The number of aliphatic carboxylic acids is 1. The second-order valence-electron chi connectivity index (χ2n) is 6.20. The largest absolute Gasteiger partial charge is 0.480 e. The van der Waals surface area contributed by atoms with Crippen molar-refractivity contribution < 1.29 is 14.7 Å². The first-order valence-electron chi connectivity index (χ1n) is 7.38. The Morgan fingerprint density at radius 3 is 2.38 bits per heavy atom. The number of fused-ring (bicyclic) bond motifs is 1. The van der Waals surface area contributed by atoms with E-state index in [1.807, 2.05) is 24.3 Å². The van der Waals surface area contributed by atoms with Gasteiger partial charge in [-0.2, -0.15) is 0 Å². The molecule has 2 aliphatic rings. The molecular weight excluding hydrogens is 268 g/mol. The summed E-state index contributed by atoms with van der Waals surface area (Å²) in [4.78, 5) is 27.6. The molecule has 5 nitrogen and oxygen atoms in total. The molecule has 3 atom stereocenters. The van der Waals surface area contributed by atoms with Crippen LogP contribution in [0.25, 0.3) is 0 Å². The number of anilines is 1. The normalized spacial score (nSPS) is 27.8. The molecule has 1 aromatic rings. The van der Waals surface area contributed by atoms with Gasteiger partial charge in [0, 0.05) is 25.2 Å². The molecule has 1 N–H and O–H groups in total. The van der Waals surface area contributed by atoms with Gasteiger partial charge in [-0.15, -0.1) is 0 Å². The maximum atomic E-state index is 12.8. The number of para-hydroxylation sites is 1. The van der Waals surface area contributed by atoms with Crippen LogP contribution in [0.3, 0.4) is 0 Å². The number of hydrogen-bond acceptors (Lipinski definition) is 2. The van der Waals surface area contributed by atoms with Crippen LogP contribution in [-0.2, 0) is 11.2 Å². The van der Waals surface area contributed by atoms with E-state index < -0.39 is 12.0 Å². The van der Waals surface area contributed by atoms with Crippen LogP contribution < -0.4 is 4.90 Å². The Kier molecular flexibility index (Phi) is 3.35. The van der Waals surface area contributed by atoms with Crippen LogP contribution in [0.2, 0.25) is 0 Å². The molecule has 5 heteroatoms. The number of urea groups is 1. The monoisotopic (exact) mass is 288 g/mol. The summed E-state index contributed by atoms with van der Waals surface area (Å²) in [6.07, 6.45) is 0.385. The summed E-state index contributed by atoms with van der Waals surface area (Å²) in [6, 6.07) is 6.49. The van der Waals surface area contributed by atoms with Crippen LogP contribution in [0.4, 0.5) is 10.5 Å². The van der Waals surface area contributed by atoms with Gasteiger partial charge < -0.3 is 10.0 Å². The topological polar surface area (TPSA) is 60.9 Å². The fourth-order valence-corrected chi connectivity index (χ4v) is 3.26. The molecule has 21 heavy (non-hydrogen) atoms. The van der Waals surface area contributed by atoms with Crippen LogP contribution in [0.1, 0.15) is 19.4 Å². The van der Waals surface area contributed by atoms with Crippen molar-refractivity contribution in [2.75, 3.05) is 18.0 Å². The van der Waals surface area contributed by atoms with E-state index in [-0.39, 0.29) is 6.03 Å². The standard InChI is InChI=1S/C16H20N2O3/c1-10-8-17(9-11(10)2)16(21)18-13-6-4-3-5-12(13)7-14(18)15(19)20/h3-6,10-11,14H,7-9H2,1-2H3,(H,19,20). The number of carbonyl (C=O) groups is 2. The lowest BCUT2D eigenvalue weighted by atomic mass is 10.0. The molecule has 0 saturated carbocycles. The molecule has 3 unspecified atom stereocenters. The lowest BCUT2D eigenvalue weighted by molar-refractivity contribution is -0.138. The van der Waals surface area contributed by atoms with Gasteiger partial charge in [0.2, 0.25) is 0 Å². The number of hydrogen-bond donors (Lipinski definition) is 1. The SMILES string of the molecule is CC1CN(C(=O)N2c3ccccc3CC2C(=O)O)CC1C. The van der Waals surface area contributed by atoms with Gasteiger partial charge in [-0.25, -0.2) is 9.59 Å². The Balaban J connectivity index is 1.91. The van der Waals surface area contributed by atoms with Gasteiger partial charge in [-0.3, -0.25) is 4.90 Å². The van der Waals surface area contributed by atoms with Crippen molar-refractivity contribution in [2.24, 2.45) is 11.8 Å². The predicted octanol–water partition coefficient (Wildman–Crippen LogP) is 2.21. The van der Waals surface area contributed by atoms with Gasteiger partial charge in [0.1, 0.15) is 6.04 Å². The molecular formula is C16H20N2O3. The van der Waals surface area contributed by atoms with E-state index in [1.165, 1.54) is 4.90 Å². The van der Waals surface area contributed by atoms with E-state index in [4.69, 9.17) is 0 Å². The van der Waals surface area contributed by atoms with Gasteiger partial charge in [-0.1, -0.05) is 32.0 Å². The van der Waals surface area contributed by atoms with Crippen LogP contribution in [0, 0.1) is 11.8 Å². The van der Waals surface area contributed by atoms with E-state index in [0.29, 0.717) is 31.3 Å². The molecule has 1 saturated heterocycles. The van der Waals surface area contributed by atoms with E-state index in [1.54, 1.807) is 4.90 Å². The number of rotatable bonds is 1. The average Bonchev–Trinajstić information content (AvgIpc) is 2.99. The Morgan fingerprint density at radius 2 is 1.76 bits per heavy atom. The highest BCUT2D eigenvalue weighted by Gasteiger charge is 2.42.